The van der Waals surface area contributed by atoms with Gasteiger partial charge in [0.25, 0.3) is 0 Å². The monoisotopic (exact) mass is 221 g/mol. The fraction of sp³-hybridized carbons (Fsp3) is 1.00. The summed E-state index contributed by atoms with van der Waals surface area (Å²) in [4.78, 5) is 2.10. The Bertz CT molecular complexity index is 201. The largest absolute Gasteiger partial charge is 0.394 e. The Balaban J connectivity index is 0.000000461. The van der Waals surface area contributed by atoms with Gasteiger partial charge in [0, 0.05) is 18.5 Å². The topological polar surface area (TPSA) is 23.5 Å². The average Bonchev–Trinajstić information content (AvgIpc) is 2.61. The molecule has 84 valence electrons. The summed E-state index contributed by atoms with van der Waals surface area (Å²) in [6.45, 7) is 5.52. The van der Waals surface area contributed by atoms with Crippen LogP contribution in [0.5, 0.6) is 0 Å². The van der Waals surface area contributed by atoms with Crippen LogP contribution in [0.25, 0.3) is 0 Å². The number of fused-ring (bicyclic) bond motifs is 1. The predicted octanol–water partition coefficient (Wildman–Crippen LogP) is 1.78. The molecule has 0 aliphatic carbocycles. The van der Waals surface area contributed by atoms with Gasteiger partial charge in [-0.3, -0.25) is 4.90 Å². The van der Waals surface area contributed by atoms with E-state index in [1.807, 2.05) is 13.8 Å². The van der Waals surface area contributed by atoms with Gasteiger partial charge in [0.2, 0.25) is 0 Å². The minimum atomic E-state index is -1.16. The van der Waals surface area contributed by atoms with Crippen LogP contribution in [-0.2, 0) is 0 Å². The lowest BCUT2D eigenvalue weighted by atomic mass is 9.95. The number of rotatable bonds is 1. The molecule has 0 aromatic carbocycles. The van der Waals surface area contributed by atoms with Gasteiger partial charge in [0.15, 0.2) is 0 Å². The van der Waals surface area contributed by atoms with Crippen molar-refractivity contribution in [3.8, 4) is 0 Å². The third kappa shape index (κ3) is 2.10. The van der Waals surface area contributed by atoms with E-state index in [0.717, 1.165) is 19.4 Å². The standard InChI is InChI=1S/C8H15FNOP.C2H6/c9-8(12)4-7(6-11)2-1-3-10(7)5-8;1-2/h11H,1-6,12H2;1-2H3. The number of nitrogens with zero attached hydrogens (tertiary/aromatic N) is 1. The molecule has 2 rings (SSSR count). The molecule has 2 saturated heterocycles. The number of halogens is 1. The molecule has 0 aromatic rings. The molecule has 3 atom stereocenters. The zero-order valence-electron chi connectivity index (χ0n) is 9.09. The Morgan fingerprint density at radius 3 is 2.64 bits per heavy atom. The second-order valence-electron chi connectivity index (χ2n) is 4.12. The van der Waals surface area contributed by atoms with Crippen molar-refractivity contribution in [2.75, 3.05) is 19.7 Å². The molecule has 2 fully saturated rings. The number of aliphatic hydroxyl groups excluding tert-OH is 1. The smallest absolute Gasteiger partial charge is 0.138 e. The van der Waals surface area contributed by atoms with Crippen LogP contribution in [0.4, 0.5) is 4.39 Å². The first-order valence-corrected chi connectivity index (χ1v) is 6.00. The second kappa shape index (κ2) is 4.42. The van der Waals surface area contributed by atoms with Crippen molar-refractivity contribution < 1.29 is 9.50 Å². The molecule has 14 heavy (non-hydrogen) atoms. The maximum Gasteiger partial charge on any atom is 0.138 e. The Kier molecular flexibility index (Phi) is 3.90. The molecule has 0 spiro atoms. The van der Waals surface area contributed by atoms with Gasteiger partial charge in [-0.1, -0.05) is 23.1 Å². The van der Waals surface area contributed by atoms with Crippen molar-refractivity contribution in [1.29, 1.82) is 0 Å². The lowest BCUT2D eigenvalue weighted by Gasteiger charge is -2.28. The summed E-state index contributed by atoms with van der Waals surface area (Å²) in [6, 6.07) is 0. The van der Waals surface area contributed by atoms with E-state index in [2.05, 4.69) is 14.1 Å². The summed E-state index contributed by atoms with van der Waals surface area (Å²) in [6.07, 6.45) is 2.52. The number of alkyl halides is 1. The zero-order valence-corrected chi connectivity index (χ0v) is 10.2. The molecule has 0 saturated carbocycles. The molecule has 4 heteroatoms. The highest BCUT2D eigenvalue weighted by Gasteiger charge is 2.53. The second-order valence-corrected chi connectivity index (χ2v) is 5.15. The minimum Gasteiger partial charge on any atom is -0.394 e. The molecule has 0 radical (unpaired) electrons. The van der Waals surface area contributed by atoms with Crippen molar-refractivity contribution in [2.24, 2.45) is 0 Å². The summed E-state index contributed by atoms with van der Waals surface area (Å²) in [5, 5.41) is 8.08. The lowest BCUT2D eigenvalue weighted by molar-refractivity contribution is 0.0995. The van der Waals surface area contributed by atoms with Gasteiger partial charge in [0.1, 0.15) is 5.41 Å². The first-order chi connectivity index (χ1) is 6.58. The highest BCUT2D eigenvalue weighted by molar-refractivity contribution is 7.18. The van der Waals surface area contributed by atoms with Gasteiger partial charge in [-0.25, -0.2) is 4.39 Å². The van der Waals surface area contributed by atoms with Crippen LogP contribution >= 0.6 is 9.24 Å². The quantitative estimate of drug-likeness (QED) is 0.682. The van der Waals surface area contributed by atoms with E-state index in [9.17, 15) is 9.50 Å². The Morgan fingerprint density at radius 1 is 1.50 bits per heavy atom. The first-order valence-electron chi connectivity index (χ1n) is 5.42. The third-order valence-electron chi connectivity index (χ3n) is 3.11. The van der Waals surface area contributed by atoms with Crippen LogP contribution in [0.3, 0.4) is 0 Å². The molecule has 1 N–H and O–H groups in total. The van der Waals surface area contributed by atoms with Crippen molar-refractivity contribution in [3.05, 3.63) is 0 Å². The molecular formula is C10H21FNOP. The van der Waals surface area contributed by atoms with E-state index in [1.165, 1.54) is 0 Å². The van der Waals surface area contributed by atoms with Crippen molar-refractivity contribution in [3.63, 3.8) is 0 Å². The van der Waals surface area contributed by atoms with Gasteiger partial charge >= 0.3 is 0 Å². The average molecular weight is 221 g/mol. The normalized spacial score (nSPS) is 41.8. The van der Waals surface area contributed by atoms with E-state index in [0.29, 0.717) is 13.0 Å². The summed E-state index contributed by atoms with van der Waals surface area (Å²) < 4.78 is 13.6. The van der Waals surface area contributed by atoms with Crippen LogP contribution in [-0.4, -0.2) is 40.7 Å². The van der Waals surface area contributed by atoms with Crippen LogP contribution in [0.2, 0.25) is 0 Å². The van der Waals surface area contributed by atoms with Crippen molar-refractivity contribution >= 4 is 9.24 Å². The van der Waals surface area contributed by atoms with Crippen molar-refractivity contribution in [2.45, 2.75) is 44.1 Å². The molecule has 0 aromatic heterocycles. The van der Waals surface area contributed by atoms with Crippen LogP contribution in [0.15, 0.2) is 0 Å². The predicted molar refractivity (Wildman–Crippen MR) is 60.1 cm³/mol. The number of hydrogen-bond donors (Lipinski definition) is 1. The summed E-state index contributed by atoms with van der Waals surface area (Å²) in [5.41, 5.74) is -0.226. The van der Waals surface area contributed by atoms with Crippen LogP contribution in [0.1, 0.15) is 33.1 Å². The Morgan fingerprint density at radius 2 is 2.14 bits per heavy atom. The van der Waals surface area contributed by atoms with Gasteiger partial charge in [0.05, 0.1) is 6.61 Å². The van der Waals surface area contributed by atoms with E-state index < -0.39 is 5.41 Å². The molecule has 2 nitrogen and oxygen atoms in total. The summed E-state index contributed by atoms with van der Waals surface area (Å²) in [5.74, 6) is 0. The minimum absolute atomic E-state index is 0.104. The first kappa shape index (κ1) is 12.4. The van der Waals surface area contributed by atoms with Gasteiger partial charge in [-0.05, 0) is 19.4 Å². The fourth-order valence-corrected chi connectivity index (χ4v) is 3.20. The SMILES string of the molecule is CC.OCC12CCCN1CC(F)(P)C2. The highest BCUT2D eigenvalue weighted by Crippen LogP contribution is 2.47. The number of hydrogen-bond acceptors (Lipinski definition) is 2. The molecule has 3 unspecified atom stereocenters. The highest BCUT2D eigenvalue weighted by atomic mass is 31.0. The maximum atomic E-state index is 13.6. The molecule has 2 aliphatic heterocycles. The van der Waals surface area contributed by atoms with Crippen molar-refractivity contribution in [1.82, 2.24) is 4.90 Å². The van der Waals surface area contributed by atoms with Gasteiger partial charge in [-0.2, -0.15) is 0 Å². The molecule has 0 amide bonds. The maximum absolute atomic E-state index is 13.6. The van der Waals surface area contributed by atoms with Crippen LogP contribution in [0, 0.1) is 0 Å². The van der Waals surface area contributed by atoms with Crippen LogP contribution < -0.4 is 0 Å². The Labute approximate surface area is 88.1 Å². The van der Waals surface area contributed by atoms with Gasteiger partial charge in [-0.15, -0.1) is 0 Å². The van der Waals surface area contributed by atoms with E-state index in [4.69, 9.17) is 0 Å². The fourth-order valence-electron chi connectivity index (χ4n) is 2.60. The molecule has 2 aliphatic rings. The zero-order chi connectivity index (χ0) is 10.8. The lowest BCUT2D eigenvalue weighted by Crippen LogP contribution is -2.41. The summed E-state index contributed by atoms with van der Waals surface area (Å²) >= 11 is 0. The third-order valence-corrected chi connectivity index (χ3v) is 3.50. The Hall–Kier alpha value is 0.280. The molecule has 0 bridgehead atoms. The molecule has 2 heterocycles. The van der Waals surface area contributed by atoms with E-state index >= 15 is 0 Å². The van der Waals surface area contributed by atoms with Gasteiger partial charge < -0.3 is 5.11 Å². The summed E-state index contributed by atoms with van der Waals surface area (Å²) in [7, 11) is 2.27. The number of aliphatic hydroxyl groups is 1. The van der Waals surface area contributed by atoms with E-state index in [1.54, 1.807) is 0 Å². The van der Waals surface area contributed by atoms with E-state index in [-0.39, 0.29) is 12.1 Å². The molecular weight excluding hydrogens is 200 g/mol.